The zero-order valence-electron chi connectivity index (χ0n) is 11.4. The predicted molar refractivity (Wildman–Crippen MR) is 79.7 cm³/mol. The third-order valence-corrected chi connectivity index (χ3v) is 2.99. The summed E-state index contributed by atoms with van der Waals surface area (Å²) in [5.74, 6) is 0.551. The lowest BCUT2D eigenvalue weighted by molar-refractivity contribution is -0.117. The number of benzene rings is 2. The Balaban J connectivity index is 1.93. The van der Waals surface area contributed by atoms with Gasteiger partial charge in [0, 0.05) is 5.69 Å². The van der Waals surface area contributed by atoms with E-state index in [-0.39, 0.29) is 5.91 Å². The zero-order valence-corrected chi connectivity index (χ0v) is 11.4. The molecule has 0 aliphatic heterocycles. The Morgan fingerprint density at radius 1 is 1.15 bits per heavy atom. The van der Waals surface area contributed by atoms with Crippen LogP contribution in [0.1, 0.15) is 5.56 Å². The van der Waals surface area contributed by atoms with E-state index in [1.165, 1.54) is 0 Å². The number of carbonyl (C=O) groups is 1. The SMILES string of the molecule is COc1ccc(NC(=O)[C@H](N)Cc2ccccc2)cc1. The fraction of sp³-hybridized carbons (Fsp3) is 0.188. The maximum Gasteiger partial charge on any atom is 0.241 e. The molecule has 0 saturated heterocycles. The van der Waals surface area contributed by atoms with Crippen LogP contribution in [0.5, 0.6) is 5.75 Å². The molecule has 2 aromatic carbocycles. The standard InChI is InChI=1S/C16H18N2O2/c1-20-14-9-7-13(8-10-14)18-16(19)15(17)11-12-5-3-2-4-6-12/h2-10,15H,11,17H2,1H3,(H,18,19)/t15-/m1/s1. The van der Waals surface area contributed by atoms with Crippen LogP contribution in [-0.2, 0) is 11.2 Å². The van der Waals surface area contributed by atoms with E-state index in [1.54, 1.807) is 31.4 Å². The first kappa shape index (κ1) is 14.1. The van der Waals surface area contributed by atoms with Gasteiger partial charge < -0.3 is 15.8 Å². The van der Waals surface area contributed by atoms with Crippen molar-refractivity contribution in [1.82, 2.24) is 0 Å². The van der Waals surface area contributed by atoms with Crippen molar-refractivity contribution >= 4 is 11.6 Å². The molecule has 0 bridgehead atoms. The van der Waals surface area contributed by atoms with Crippen molar-refractivity contribution < 1.29 is 9.53 Å². The first-order valence-electron chi connectivity index (χ1n) is 6.43. The maximum atomic E-state index is 12.0. The molecule has 4 nitrogen and oxygen atoms in total. The van der Waals surface area contributed by atoms with Gasteiger partial charge in [-0.05, 0) is 36.2 Å². The third kappa shape index (κ3) is 3.83. The van der Waals surface area contributed by atoms with Crippen LogP contribution in [0.15, 0.2) is 54.6 Å². The van der Waals surface area contributed by atoms with Gasteiger partial charge in [-0.2, -0.15) is 0 Å². The topological polar surface area (TPSA) is 64.3 Å². The van der Waals surface area contributed by atoms with Gasteiger partial charge in [-0.3, -0.25) is 4.79 Å². The van der Waals surface area contributed by atoms with Crippen LogP contribution < -0.4 is 15.8 Å². The smallest absolute Gasteiger partial charge is 0.241 e. The number of nitrogens with one attached hydrogen (secondary N) is 1. The first-order chi connectivity index (χ1) is 9.69. The quantitative estimate of drug-likeness (QED) is 0.875. The van der Waals surface area contributed by atoms with E-state index in [1.807, 2.05) is 30.3 Å². The molecule has 0 spiro atoms. The molecule has 0 aliphatic rings. The van der Waals surface area contributed by atoms with Crippen LogP contribution in [0.4, 0.5) is 5.69 Å². The molecule has 0 fully saturated rings. The highest BCUT2D eigenvalue weighted by Gasteiger charge is 2.14. The van der Waals surface area contributed by atoms with Crippen LogP contribution in [-0.4, -0.2) is 19.1 Å². The van der Waals surface area contributed by atoms with Crippen LogP contribution in [0.25, 0.3) is 0 Å². The van der Waals surface area contributed by atoms with E-state index in [9.17, 15) is 4.79 Å². The molecule has 2 aromatic rings. The molecular weight excluding hydrogens is 252 g/mol. The predicted octanol–water partition coefficient (Wildman–Crippen LogP) is 2.20. The van der Waals surface area contributed by atoms with Crippen LogP contribution in [0.2, 0.25) is 0 Å². The molecule has 0 saturated carbocycles. The van der Waals surface area contributed by atoms with Crippen molar-refractivity contribution in [2.75, 3.05) is 12.4 Å². The van der Waals surface area contributed by atoms with Gasteiger partial charge in [-0.1, -0.05) is 30.3 Å². The molecule has 1 atom stereocenters. The highest BCUT2D eigenvalue weighted by Crippen LogP contribution is 2.15. The number of carbonyl (C=O) groups excluding carboxylic acids is 1. The molecule has 0 unspecified atom stereocenters. The van der Waals surface area contributed by atoms with Crippen molar-refractivity contribution in [3.63, 3.8) is 0 Å². The van der Waals surface area contributed by atoms with Crippen LogP contribution >= 0.6 is 0 Å². The number of anilines is 1. The van der Waals surface area contributed by atoms with Gasteiger partial charge in [-0.25, -0.2) is 0 Å². The summed E-state index contributed by atoms with van der Waals surface area (Å²) in [6.45, 7) is 0. The maximum absolute atomic E-state index is 12.0. The number of rotatable bonds is 5. The van der Waals surface area contributed by atoms with Gasteiger partial charge >= 0.3 is 0 Å². The molecule has 0 aromatic heterocycles. The van der Waals surface area contributed by atoms with Crippen LogP contribution in [0.3, 0.4) is 0 Å². The minimum Gasteiger partial charge on any atom is -0.497 e. The number of hydrogen-bond donors (Lipinski definition) is 2. The highest BCUT2D eigenvalue weighted by atomic mass is 16.5. The second kappa shape index (κ2) is 6.73. The Morgan fingerprint density at radius 3 is 2.40 bits per heavy atom. The van der Waals surface area contributed by atoms with Gasteiger partial charge in [0.25, 0.3) is 0 Å². The Kier molecular flexibility index (Phi) is 4.74. The van der Waals surface area contributed by atoms with Crippen molar-refractivity contribution in [3.8, 4) is 5.75 Å². The fourth-order valence-corrected chi connectivity index (χ4v) is 1.87. The van der Waals surface area contributed by atoms with Crippen molar-refractivity contribution in [1.29, 1.82) is 0 Å². The summed E-state index contributed by atoms with van der Waals surface area (Å²) in [6.07, 6.45) is 0.517. The average molecular weight is 270 g/mol. The van der Waals surface area contributed by atoms with Crippen molar-refractivity contribution in [3.05, 3.63) is 60.2 Å². The molecule has 3 N–H and O–H groups in total. The molecule has 104 valence electrons. The molecular formula is C16H18N2O2. The lowest BCUT2D eigenvalue weighted by Crippen LogP contribution is -2.37. The summed E-state index contributed by atoms with van der Waals surface area (Å²) in [6, 6.07) is 16.3. The third-order valence-electron chi connectivity index (χ3n) is 2.99. The Morgan fingerprint density at radius 2 is 1.80 bits per heavy atom. The first-order valence-corrected chi connectivity index (χ1v) is 6.43. The summed E-state index contributed by atoms with van der Waals surface area (Å²) < 4.78 is 5.06. The van der Waals surface area contributed by atoms with Gasteiger partial charge in [0.15, 0.2) is 0 Å². The summed E-state index contributed by atoms with van der Waals surface area (Å²) in [5, 5.41) is 2.79. The molecule has 0 aliphatic carbocycles. The Labute approximate surface area is 118 Å². The number of amides is 1. The second-order valence-electron chi connectivity index (χ2n) is 4.51. The second-order valence-corrected chi connectivity index (χ2v) is 4.51. The van der Waals surface area contributed by atoms with Crippen molar-refractivity contribution in [2.45, 2.75) is 12.5 Å². The Hall–Kier alpha value is -2.33. The summed E-state index contributed by atoms with van der Waals surface area (Å²) >= 11 is 0. The largest absolute Gasteiger partial charge is 0.497 e. The lowest BCUT2D eigenvalue weighted by Gasteiger charge is -2.12. The van der Waals surface area contributed by atoms with E-state index in [2.05, 4.69) is 5.32 Å². The summed E-state index contributed by atoms with van der Waals surface area (Å²) in [4.78, 5) is 12.0. The normalized spacial score (nSPS) is 11.7. The van der Waals surface area contributed by atoms with Crippen LogP contribution in [0, 0.1) is 0 Å². The Bertz CT molecular complexity index is 552. The summed E-state index contributed by atoms with van der Waals surface area (Å²) in [7, 11) is 1.60. The van der Waals surface area contributed by atoms with Gasteiger partial charge in [-0.15, -0.1) is 0 Å². The van der Waals surface area contributed by atoms with E-state index in [0.29, 0.717) is 12.1 Å². The monoisotopic (exact) mass is 270 g/mol. The molecule has 0 heterocycles. The highest BCUT2D eigenvalue weighted by molar-refractivity contribution is 5.94. The number of ether oxygens (including phenoxy) is 1. The minimum absolute atomic E-state index is 0.195. The molecule has 20 heavy (non-hydrogen) atoms. The number of hydrogen-bond acceptors (Lipinski definition) is 3. The fourth-order valence-electron chi connectivity index (χ4n) is 1.87. The lowest BCUT2D eigenvalue weighted by atomic mass is 10.1. The summed E-state index contributed by atoms with van der Waals surface area (Å²) in [5.41, 5.74) is 7.67. The van der Waals surface area contributed by atoms with Gasteiger partial charge in [0.1, 0.15) is 5.75 Å². The van der Waals surface area contributed by atoms with E-state index in [4.69, 9.17) is 10.5 Å². The number of nitrogens with two attached hydrogens (primary N) is 1. The molecule has 4 heteroatoms. The molecule has 2 rings (SSSR count). The molecule has 1 amide bonds. The zero-order chi connectivity index (χ0) is 14.4. The molecule has 0 radical (unpaired) electrons. The van der Waals surface area contributed by atoms with Gasteiger partial charge in [0.2, 0.25) is 5.91 Å². The minimum atomic E-state index is -0.570. The number of methoxy groups -OCH3 is 1. The van der Waals surface area contributed by atoms with Crippen molar-refractivity contribution in [2.24, 2.45) is 5.73 Å². The van der Waals surface area contributed by atoms with E-state index >= 15 is 0 Å². The van der Waals surface area contributed by atoms with E-state index in [0.717, 1.165) is 11.3 Å². The van der Waals surface area contributed by atoms with Gasteiger partial charge in [0.05, 0.1) is 13.2 Å². The average Bonchev–Trinajstić information content (AvgIpc) is 2.49. The van der Waals surface area contributed by atoms with E-state index < -0.39 is 6.04 Å².